The molecule has 3 rings (SSSR count). The summed E-state index contributed by atoms with van der Waals surface area (Å²) in [4.78, 5) is 7.60. The van der Waals surface area contributed by atoms with E-state index in [4.69, 9.17) is 16.3 Å². The first-order valence-corrected chi connectivity index (χ1v) is 7.77. The van der Waals surface area contributed by atoms with Crippen LogP contribution in [-0.4, -0.2) is 9.97 Å². The third-order valence-electron chi connectivity index (χ3n) is 3.18. The van der Waals surface area contributed by atoms with E-state index in [0.717, 1.165) is 16.6 Å². The fourth-order valence-corrected chi connectivity index (χ4v) is 2.81. The van der Waals surface area contributed by atoms with Crippen LogP contribution in [0.3, 0.4) is 0 Å². The molecule has 20 heavy (non-hydrogen) atoms. The van der Waals surface area contributed by atoms with Crippen molar-refractivity contribution in [1.82, 2.24) is 9.97 Å². The second kappa shape index (κ2) is 5.46. The van der Waals surface area contributed by atoms with Gasteiger partial charge in [-0.25, -0.2) is 4.98 Å². The lowest BCUT2D eigenvalue weighted by Gasteiger charge is -2.06. The highest BCUT2D eigenvalue weighted by atomic mass is 35.5. The van der Waals surface area contributed by atoms with Crippen LogP contribution in [0.2, 0.25) is 5.02 Å². The number of rotatable bonds is 4. The first kappa shape index (κ1) is 13.5. The quantitative estimate of drug-likeness (QED) is 0.738. The fourth-order valence-electron chi connectivity index (χ4n) is 2.04. The summed E-state index contributed by atoms with van der Waals surface area (Å²) in [7, 11) is 0. The van der Waals surface area contributed by atoms with Crippen molar-refractivity contribution in [2.45, 2.75) is 26.4 Å². The number of halogens is 1. The molecule has 0 atom stereocenters. The Morgan fingerprint density at radius 1 is 1.35 bits per heavy atom. The van der Waals surface area contributed by atoms with E-state index < -0.39 is 0 Å². The lowest BCUT2D eigenvalue weighted by molar-refractivity contribution is 0.302. The fraction of sp³-hybridized carbons (Fsp3) is 0.267. The first-order valence-electron chi connectivity index (χ1n) is 6.45. The molecule has 0 aliphatic heterocycles. The van der Waals surface area contributed by atoms with Crippen LogP contribution in [-0.2, 0) is 6.61 Å². The van der Waals surface area contributed by atoms with Crippen LogP contribution in [0.25, 0.3) is 10.9 Å². The molecule has 0 fully saturated rings. The summed E-state index contributed by atoms with van der Waals surface area (Å²) >= 11 is 7.83. The minimum atomic E-state index is 0.437. The molecule has 5 heteroatoms. The lowest BCUT2D eigenvalue weighted by Crippen LogP contribution is -1.96. The standard InChI is InChI=1S/C15H15ClN2OS/c1-9(2)13-4-10-3-12(16)15(5-14(10)18-13)19-6-11-7-20-8-17-11/h3-5,7-9,18H,6H2,1-2H3. The predicted octanol–water partition coefficient (Wildman–Crippen LogP) is 4.98. The monoisotopic (exact) mass is 306 g/mol. The molecule has 1 aromatic carbocycles. The number of hydrogen-bond donors (Lipinski definition) is 1. The van der Waals surface area contributed by atoms with Gasteiger partial charge in [-0.05, 0) is 18.1 Å². The Hall–Kier alpha value is -1.52. The molecule has 0 amide bonds. The van der Waals surface area contributed by atoms with E-state index in [1.807, 2.05) is 17.5 Å². The van der Waals surface area contributed by atoms with Gasteiger partial charge in [-0.1, -0.05) is 25.4 Å². The highest BCUT2D eigenvalue weighted by Crippen LogP contribution is 2.32. The first-order chi connectivity index (χ1) is 9.63. The number of H-pyrrole nitrogens is 1. The maximum atomic E-state index is 6.28. The topological polar surface area (TPSA) is 37.9 Å². The molecule has 3 aromatic rings. The highest BCUT2D eigenvalue weighted by Gasteiger charge is 2.09. The molecular weight excluding hydrogens is 292 g/mol. The van der Waals surface area contributed by atoms with Crippen LogP contribution < -0.4 is 4.74 Å². The molecule has 0 unspecified atom stereocenters. The zero-order valence-corrected chi connectivity index (χ0v) is 12.9. The number of ether oxygens (including phenoxy) is 1. The highest BCUT2D eigenvalue weighted by molar-refractivity contribution is 7.07. The third kappa shape index (κ3) is 2.67. The van der Waals surface area contributed by atoms with Crippen LogP contribution >= 0.6 is 22.9 Å². The Morgan fingerprint density at radius 3 is 2.90 bits per heavy atom. The van der Waals surface area contributed by atoms with E-state index in [0.29, 0.717) is 23.3 Å². The van der Waals surface area contributed by atoms with Crippen molar-refractivity contribution < 1.29 is 4.74 Å². The van der Waals surface area contributed by atoms with Crippen LogP contribution in [0.5, 0.6) is 5.75 Å². The molecular formula is C15H15ClN2OS. The van der Waals surface area contributed by atoms with E-state index in [2.05, 4.69) is 29.9 Å². The average Bonchev–Trinajstić information content (AvgIpc) is 3.04. The second-order valence-corrected chi connectivity index (χ2v) is 6.14. The van der Waals surface area contributed by atoms with Gasteiger partial charge >= 0.3 is 0 Å². The van der Waals surface area contributed by atoms with Gasteiger partial charge in [0.05, 0.1) is 16.2 Å². The number of benzene rings is 1. The van der Waals surface area contributed by atoms with E-state index in [1.165, 1.54) is 5.69 Å². The van der Waals surface area contributed by atoms with E-state index in [-0.39, 0.29) is 0 Å². The van der Waals surface area contributed by atoms with Gasteiger partial charge in [0.1, 0.15) is 12.4 Å². The van der Waals surface area contributed by atoms with Gasteiger partial charge in [-0.15, -0.1) is 11.3 Å². The molecule has 1 N–H and O–H groups in total. The van der Waals surface area contributed by atoms with Gasteiger partial charge in [0, 0.05) is 28.0 Å². The van der Waals surface area contributed by atoms with E-state index >= 15 is 0 Å². The van der Waals surface area contributed by atoms with Crippen LogP contribution in [0.1, 0.15) is 31.2 Å². The van der Waals surface area contributed by atoms with Gasteiger partial charge in [-0.3, -0.25) is 0 Å². The number of aromatic nitrogens is 2. The Labute approximate surface area is 126 Å². The number of nitrogens with zero attached hydrogens (tertiary/aromatic N) is 1. The number of hydrogen-bond acceptors (Lipinski definition) is 3. The molecule has 0 aliphatic carbocycles. The molecule has 0 saturated carbocycles. The van der Waals surface area contributed by atoms with Gasteiger partial charge in [0.15, 0.2) is 0 Å². The maximum Gasteiger partial charge on any atom is 0.140 e. The molecule has 104 valence electrons. The van der Waals surface area contributed by atoms with Crippen LogP contribution in [0.4, 0.5) is 0 Å². The minimum absolute atomic E-state index is 0.437. The maximum absolute atomic E-state index is 6.28. The zero-order chi connectivity index (χ0) is 14.1. The third-order valence-corrected chi connectivity index (χ3v) is 4.11. The Bertz CT molecular complexity index is 719. The normalized spacial score (nSPS) is 11.4. The molecule has 3 nitrogen and oxygen atoms in total. The molecule has 0 radical (unpaired) electrons. The Balaban J connectivity index is 1.88. The lowest BCUT2D eigenvalue weighted by atomic mass is 10.1. The predicted molar refractivity (Wildman–Crippen MR) is 83.8 cm³/mol. The van der Waals surface area contributed by atoms with Crippen molar-refractivity contribution in [2.75, 3.05) is 0 Å². The minimum Gasteiger partial charge on any atom is -0.486 e. The number of fused-ring (bicyclic) bond motifs is 1. The van der Waals surface area contributed by atoms with Crippen molar-refractivity contribution in [3.8, 4) is 5.75 Å². The number of aromatic amines is 1. The van der Waals surface area contributed by atoms with Crippen molar-refractivity contribution >= 4 is 33.8 Å². The SMILES string of the molecule is CC(C)c1cc2cc(Cl)c(OCc3cscn3)cc2[nH]1. The molecule has 0 spiro atoms. The summed E-state index contributed by atoms with van der Waals surface area (Å²) in [5.74, 6) is 1.14. The van der Waals surface area contributed by atoms with Crippen molar-refractivity contribution in [1.29, 1.82) is 0 Å². The van der Waals surface area contributed by atoms with Gasteiger partial charge < -0.3 is 9.72 Å². The summed E-state index contributed by atoms with van der Waals surface area (Å²) < 4.78 is 5.75. The van der Waals surface area contributed by atoms with E-state index in [9.17, 15) is 0 Å². The molecule has 2 heterocycles. The van der Waals surface area contributed by atoms with Gasteiger partial charge in [-0.2, -0.15) is 0 Å². The zero-order valence-electron chi connectivity index (χ0n) is 11.3. The number of nitrogens with one attached hydrogen (secondary N) is 1. The second-order valence-electron chi connectivity index (χ2n) is 5.02. The summed E-state index contributed by atoms with van der Waals surface area (Å²) in [6.45, 7) is 4.75. The smallest absolute Gasteiger partial charge is 0.140 e. The Kier molecular flexibility index (Phi) is 3.68. The molecule has 2 aromatic heterocycles. The van der Waals surface area contributed by atoms with Crippen molar-refractivity contribution in [3.63, 3.8) is 0 Å². The van der Waals surface area contributed by atoms with Crippen molar-refractivity contribution in [2.24, 2.45) is 0 Å². The summed E-state index contributed by atoms with van der Waals surface area (Å²) in [5, 5.41) is 3.71. The van der Waals surface area contributed by atoms with Crippen molar-refractivity contribution in [3.05, 3.63) is 45.5 Å². The molecule has 0 aliphatic rings. The average molecular weight is 307 g/mol. The van der Waals surface area contributed by atoms with Crippen LogP contribution in [0, 0.1) is 0 Å². The summed E-state index contributed by atoms with van der Waals surface area (Å²) in [6, 6.07) is 6.03. The largest absolute Gasteiger partial charge is 0.486 e. The van der Waals surface area contributed by atoms with Crippen LogP contribution in [0.15, 0.2) is 29.1 Å². The van der Waals surface area contributed by atoms with E-state index in [1.54, 1.807) is 16.8 Å². The van der Waals surface area contributed by atoms with Gasteiger partial charge in [0.25, 0.3) is 0 Å². The summed E-state index contributed by atoms with van der Waals surface area (Å²) in [5.41, 5.74) is 4.96. The number of thiazole rings is 1. The molecule has 0 bridgehead atoms. The van der Waals surface area contributed by atoms with Gasteiger partial charge in [0.2, 0.25) is 0 Å². The summed E-state index contributed by atoms with van der Waals surface area (Å²) in [6.07, 6.45) is 0. The Morgan fingerprint density at radius 2 is 2.20 bits per heavy atom. The molecule has 0 saturated heterocycles.